The Balaban J connectivity index is 4.81. The van der Waals surface area contributed by atoms with Crippen LogP contribution >= 0.6 is 0 Å². The third-order valence-corrected chi connectivity index (χ3v) is 1.37. The van der Waals surface area contributed by atoms with Crippen LogP contribution in [-0.2, 0) is 9.63 Å². The standard InChI is InChI=1S/C8H11F6NO2/c1-6(2,3)17-15-5(16)4(7(9,10)11)8(12,13)14/h4H,1-3H3,(H,15,16). The normalized spacial score (nSPS) is 14.0. The van der Waals surface area contributed by atoms with Crippen LogP contribution in [0.25, 0.3) is 0 Å². The van der Waals surface area contributed by atoms with Gasteiger partial charge in [-0.1, -0.05) is 0 Å². The number of amides is 1. The summed E-state index contributed by atoms with van der Waals surface area (Å²) in [4.78, 5) is 15.2. The molecule has 0 unspecified atom stereocenters. The summed E-state index contributed by atoms with van der Waals surface area (Å²) in [6, 6.07) is 0. The first-order valence-corrected chi connectivity index (χ1v) is 4.36. The first-order valence-electron chi connectivity index (χ1n) is 4.36. The second-order valence-electron chi connectivity index (χ2n) is 4.20. The molecule has 0 spiro atoms. The fraction of sp³-hybridized carbons (Fsp3) is 0.875. The fourth-order valence-electron chi connectivity index (χ4n) is 0.745. The van der Waals surface area contributed by atoms with Crippen molar-refractivity contribution in [1.82, 2.24) is 5.48 Å². The molecule has 3 nitrogen and oxygen atoms in total. The second kappa shape index (κ2) is 4.71. The summed E-state index contributed by atoms with van der Waals surface area (Å²) in [6.07, 6.45) is -11.4. The number of alkyl halides is 6. The molecule has 9 heteroatoms. The van der Waals surface area contributed by atoms with Crippen LogP contribution in [0.1, 0.15) is 20.8 Å². The van der Waals surface area contributed by atoms with Crippen LogP contribution in [0.2, 0.25) is 0 Å². The lowest BCUT2D eigenvalue weighted by Crippen LogP contribution is -2.49. The number of carbonyl (C=O) groups is 1. The lowest BCUT2D eigenvalue weighted by atomic mass is 10.1. The molecule has 0 aromatic heterocycles. The van der Waals surface area contributed by atoms with Crippen molar-refractivity contribution >= 4 is 5.91 Å². The van der Waals surface area contributed by atoms with E-state index < -0.39 is 29.8 Å². The molecule has 0 aliphatic heterocycles. The zero-order valence-corrected chi connectivity index (χ0v) is 9.16. The Morgan fingerprint density at radius 1 is 1.00 bits per heavy atom. The summed E-state index contributed by atoms with van der Waals surface area (Å²) >= 11 is 0. The van der Waals surface area contributed by atoms with Gasteiger partial charge >= 0.3 is 12.4 Å². The van der Waals surface area contributed by atoms with Crippen LogP contribution in [0.5, 0.6) is 0 Å². The van der Waals surface area contributed by atoms with Gasteiger partial charge in [-0.05, 0) is 20.8 Å². The molecule has 0 rings (SSSR count). The molecule has 1 amide bonds. The molecule has 0 aromatic rings. The van der Waals surface area contributed by atoms with Crippen molar-refractivity contribution < 1.29 is 36.0 Å². The topological polar surface area (TPSA) is 38.3 Å². The van der Waals surface area contributed by atoms with Crippen LogP contribution < -0.4 is 5.48 Å². The zero-order valence-electron chi connectivity index (χ0n) is 9.16. The highest BCUT2D eigenvalue weighted by atomic mass is 19.4. The maximum absolute atomic E-state index is 12.0. The molecule has 0 saturated heterocycles. The summed E-state index contributed by atoms with van der Waals surface area (Å²) in [7, 11) is 0. The molecular formula is C8H11F6NO2. The van der Waals surface area contributed by atoms with E-state index in [2.05, 4.69) is 4.84 Å². The Kier molecular flexibility index (Phi) is 4.44. The molecule has 1 N–H and O–H groups in total. The van der Waals surface area contributed by atoms with E-state index in [1.54, 1.807) is 0 Å². The van der Waals surface area contributed by atoms with Crippen molar-refractivity contribution in [2.75, 3.05) is 0 Å². The number of hydrogen-bond acceptors (Lipinski definition) is 2. The molecule has 0 aliphatic rings. The van der Waals surface area contributed by atoms with Crippen molar-refractivity contribution in [3.63, 3.8) is 0 Å². The van der Waals surface area contributed by atoms with Gasteiger partial charge in [0.2, 0.25) is 5.92 Å². The number of hydrogen-bond donors (Lipinski definition) is 1. The largest absolute Gasteiger partial charge is 0.409 e. The van der Waals surface area contributed by atoms with Gasteiger partial charge in [-0.15, -0.1) is 0 Å². The summed E-state index contributed by atoms with van der Waals surface area (Å²) in [5, 5.41) is 0. The molecule has 0 aromatic carbocycles. The third kappa shape index (κ3) is 5.76. The zero-order chi connectivity index (χ0) is 14.1. The highest BCUT2D eigenvalue weighted by Crippen LogP contribution is 2.39. The molecular weight excluding hydrogens is 256 g/mol. The van der Waals surface area contributed by atoms with E-state index in [1.807, 2.05) is 0 Å². The summed E-state index contributed by atoms with van der Waals surface area (Å²) in [5.41, 5.74) is 0.0571. The van der Waals surface area contributed by atoms with E-state index in [0.717, 1.165) is 5.48 Å². The van der Waals surface area contributed by atoms with Crippen molar-refractivity contribution in [1.29, 1.82) is 0 Å². The summed E-state index contributed by atoms with van der Waals surface area (Å²) in [6.45, 7) is 4.05. The molecule has 102 valence electrons. The van der Waals surface area contributed by atoms with Crippen LogP contribution in [0.15, 0.2) is 0 Å². The van der Waals surface area contributed by atoms with E-state index in [9.17, 15) is 31.1 Å². The van der Waals surface area contributed by atoms with Crippen LogP contribution in [0, 0.1) is 5.92 Å². The van der Waals surface area contributed by atoms with Gasteiger partial charge in [-0.2, -0.15) is 26.3 Å². The minimum Gasteiger partial charge on any atom is -0.272 e. The van der Waals surface area contributed by atoms with Crippen molar-refractivity contribution in [2.45, 2.75) is 38.7 Å². The van der Waals surface area contributed by atoms with Crippen LogP contribution in [0.4, 0.5) is 26.3 Å². The van der Waals surface area contributed by atoms with E-state index in [0.29, 0.717) is 0 Å². The Labute approximate surface area is 93.1 Å². The average Bonchev–Trinajstić information content (AvgIpc) is 1.93. The predicted octanol–water partition coefficient (Wildman–Crippen LogP) is 2.57. The molecule has 0 bridgehead atoms. The Bertz CT molecular complexity index is 263. The van der Waals surface area contributed by atoms with Gasteiger partial charge in [0.05, 0.1) is 5.60 Å². The van der Waals surface area contributed by atoms with E-state index in [1.165, 1.54) is 20.8 Å². The number of rotatable bonds is 2. The lowest BCUT2D eigenvalue weighted by molar-refractivity contribution is -0.278. The third-order valence-electron chi connectivity index (χ3n) is 1.37. The second-order valence-corrected chi connectivity index (χ2v) is 4.20. The van der Waals surface area contributed by atoms with Gasteiger partial charge in [0, 0.05) is 0 Å². The smallest absolute Gasteiger partial charge is 0.272 e. The number of nitrogens with one attached hydrogen (secondary N) is 1. The van der Waals surface area contributed by atoms with Gasteiger partial charge in [0.25, 0.3) is 5.91 Å². The molecule has 0 atom stereocenters. The summed E-state index contributed by atoms with van der Waals surface area (Å²) in [5.74, 6) is -6.39. The molecule has 0 radical (unpaired) electrons. The Morgan fingerprint density at radius 2 is 1.35 bits per heavy atom. The minimum absolute atomic E-state index is 1.10. The molecule has 0 heterocycles. The van der Waals surface area contributed by atoms with Crippen LogP contribution in [0.3, 0.4) is 0 Å². The lowest BCUT2D eigenvalue weighted by Gasteiger charge is -2.24. The SMILES string of the molecule is CC(C)(C)ONC(=O)C(C(F)(F)F)C(F)(F)F. The van der Waals surface area contributed by atoms with E-state index in [-0.39, 0.29) is 0 Å². The van der Waals surface area contributed by atoms with Gasteiger partial charge in [-0.25, -0.2) is 5.48 Å². The van der Waals surface area contributed by atoms with E-state index in [4.69, 9.17) is 0 Å². The first kappa shape index (κ1) is 16.0. The number of carbonyl (C=O) groups excluding carboxylic acids is 1. The quantitative estimate of drug-likeness (QED) is 0.617. The molecule has 0 saturated carbocycles. The molecule has 0 fully saturated rings. The van der Waals surface area contributed by atoms with Gasteiger partial charge in [0.1, 0.15) is 0 Å². The number of hydroxylamine groups is 1. The van der Waals surface area contributed by atoms with Crippen LogP contribution in [-0.4, -0.2) is 23.9 Å². The van der Waals surface area contributed by atoms with Crippen molar-refractivity contribution in [2.24, 2.45) is 5.92 Å². The Hall–Kier alpha value is -0.990. The van der Waals surface area contributed by atoms with E-state index >= 15 is 0 Å². The highest BCUT2D eigenvalue weighted by molar-refractivity contribution is 5.79. The maximum atomic E-state index is 12.0. The Morgan fingerprint density at radius 3 is 1.59 bits per heavy atom. The van der Waals surface area contributed by atoms with Gasteiger partial charge in [-0.3, -0.25) is 9.63 Å². The highest BCUT2D eigenvalue weighted by Gasteiger charge is 2.61. The predicted molar refractivity (Wildman–Crippen MR) is 44.6 cm³/mol. The maximum Gasteiger partial charge on any atom is 0.409 e. The molecule has 0 aliphatic carbocycles. The van der Waals surface area contributed by atoms with Crippen molar-refractivity contribution in [3.05, 3.63) is 0 Å². The molecule has 17 heavy (non-hydrogen) atoms. The number of halogens is 6. The first-order chi connectivity index (χ1) is 7.25. The van der Waals surface area contributed by atoms with Gasteiger partial charge in [0.15, 0.2) is 0 Å². The fourth-order valence-corrected chi connectivity index (χ4v) is 0.745. The minimum atomic E-state index is -5.72. The van der Waals surface area contributed by atoms with Gasteiger partial charge < -0.3 is 0 Å². The van der Waals surface area contributed by atoms with Crippen molar-refractivity contribution in [3.8, 4) is 0 Å². The summed E-state index contributed by atoms with van der Waals surface area (Å²) < 4.78 is 72.3. The average molecular weight is 267 g/mol. The monoisotopic (exact) mass is 267 g/mol.